The Bertz CT molecular complexity index is 290. The second kappa shape index (κ2) is 6.33. The molecule has 19 heavy (non-hydrogen) atoms. The molecular formula is C15H29NO2S. The van der Waals surface area contributed by atoms with E-state index in [0.717, 1.165) is 13.0 Å². The van der Waals surface area contributed by atoms with Gasteiger partial charge in [0.15, 0.2) is 0 Å². The summed E-state index contributed by atoms with van der Waals surface area (Å²) in [5.41, 5.74) is 0.128. The summed E-state index contributed by atoms with van der Waals surface area (Å²) in [5.74, 6) is 3.17. The van der Waals surface area contributed by atoms with Crippen LogP contribution in [0, 0.1) is 5.92 Å². The monoisotopic (exact) mass is 287 g/mol. The van der Waals surface area contributed by atoms with Gasteiger partial charge in [-0.15, -0.1) is 0 Å². The number of hydrogen-bond acceptors (Lipinski definition) is 4. The van der Waals surface area contributed by atoms with Gasteiger partial charge >= 0.3 is 0 Å². The number of thioether (sulfide) groups is 1. The van der Waals surface area contributed by atoms with Gasteiger partial charge in [-0.05, 0) is 58.2 Å². The van der Waals surface area contributed by atoms with E-state index in [0.29, 0.717) is 12.0 Å². The van der Waals surface area contributed by atoms with Gasteiger partial charge in [0.1, 0.15) is 0 Å². The van der Waals surface area contributed by atoms with Crippen molar-refractivity contribution in [3.63, 3.8) is 0 Å². The van der Waals surface area contributed by atoms with E-state index in [1.54, 1.807) is 0 Å². The lowest BCUT2D eigenvalue weighted by Crippen LogP contribution is -2.48. The van der Waals surface area contributed by atoms with Crippen LogP contribution in [0.1, 0.15) is 39.5 Å². The standard InChI is InChI=1S/C15H29NO2S/c1-14(2,17-4)10-13(16-3)12-5-7-18-15(9-12)6-8-19-11-15/h12-13,16H,5-11H2,1-4H3. The average molecular weight is 287 g/mol. The first-order valence-electron chi connectivity index (χ1n) is 7.44. The zero-order chi connectivity index (χ0) is 13.9. The maximum absolute atomic E-state index is 6.13. The van der Waals surface area contributed by atoms with Crippen LogP contribution in [-0.2, 0) is 9.47 Å². The van der Waals surface area contributed by atoms with E-state index >= 15 is 0 Å². The number of hydrogen-bond donors (Lipinski definition) is 1. The van der Waals surface area contributed by atoms with Crippen molar-refractivity contribution in [1.82, 2.24) is 5.32 Å². The molecule has 0 amide bonds. The highest BCUT2D eigenvalue weighted by atomic mass is 32.2. The summed E-state index contributed by atoms with van der Waals surface area (Å²) in [5, 5.41) is 3.53. The van der Waals surface area contributed by atoms with Crippen LogP contribution in [0.25, 0.3) is 0 Å². The lowest BCUT2D eigenvalue weighted by atomic mass is 9.78. The molecule has 3 unspecified atom stereocenters. The Balaban J connectivity index is 1.98. The molecule has 2 saturated heterocycles. The Kier molecular flexibility index (Phi) is 5.21. The van der Waals surface area contributed by atoms with E-state index < -0.39 is 0 Å². The Morgan fingerprint density at radius 3 is 2.89 bits per heavy atom. The molecule has 0 aromatic rings. The van der Waals surface area contributed by atoms with E-state index in [9.17, 15) is 0 Å². The van der Waals surface area contributed by atoms with Gasteiger partial charge in [-0.3, -0.25) is 0 Å². The van der Waals surface area contributed by atoms with E-state index in [1.165, 1.54) is 30.8 Å². The topological polar surface area (TPSA) is 30.5 Å². The molecule has 1 N–H and O–H groups in total. The van der Waals surface area contributed by atoms with Gasteiger partial charge in [0.05, 0.1) is 11.2 Å². The Labute approximate surface area is 122 Å². The van der Waals surface area contributed by atoms with Crippen molar-refractivity contribution in [3.8, 4) is 0 Å². The molecule has 112 valence electrons. The van der Waals surface area contributed by atoms with Crippen molar-refractivity contribution in [1.29, 1.82) is 0 Å². The predicted molar refractivity (Wildman–Crippen MR) is 81.9 cm³/mol. The molecule has 1 spiro atoms. The molecule has 0 aliphatic carbocycles. The molecule has 3 atom stereocenters. The molecule has 2 heterocycles. The molecule has 2 aliphatic rings. The van der Waals surface area contributed by atoms with Gasteiger partial charge in [-0.2, -0.15) is 11.8 Å². The zero-order valence-electron chi connectivity index (χ0n) is 12.8. The summed E-state index contributed by atoms with van der Waals surface area (Å²) in [6.07, 6.45) is 4.69. The number of methoxy groups -OCH3 is 1. The highest BCUT2D eigenvalue weighted by Gasteiger charge is 2.43. The van der Waals surface area contributed by atoms with Crippen LogP contribution in [0.15, 0.2) is 0 Å². The average Bonchev–Trinajstić information content (AvgIpc) is 2.84. The van der Waals surface area contributed by atoms with Gasteiger partial charge in [0.25, 0.3) is 0 Å². The van der Waals surface area contributed by atoms with Gasteiger partial charge in [-0.1, -0.05) is 0 Å². The third-order valence-electron chi connectivity index (χ3n) is 4.80. The van der Waals surface area contributed by atoms with Crippen LogP contribution in [0.2, 0.25) is 0 Å². The first-order valence-corrected chi connectivity index (χ1v) is 8.60. The van der Waals surface area contributed by atoms with Crippen LogP contribution in [0.3, 0.4) is 0 Å². The van der Waals surface area contributed by atoms with Crippen molar-refractivity contribution in [3.05, 3.63) is 0 Å². The highest BCUT2D eigenvalue weighted by molar-refractivity contribution is 7.99. The molecule has 0 aromatic carbocycles. The highest BCUT2D eigenvalue weighted by Crippen LogP contribution is 2.42. The second-order valence-electron chi connectivity index (χ2n) is 6.65. The maximum atomic E-state index is 6.13. The summed E-state index contributed by atoms with van der Waals surface area (Å²) in [7, 11) is 3.90. The van der Waals surface area contributed by atoms with Gasteiger partial charge in [-0.25, -0.2) is 0 Å². The Morgan fingerprint density at radius 1 is 1.53 bits per heavy atom. The second-order valence-corrected chi connectivity index (χ2v) is 7.76. The fraction of sp³-hybridized carbons (Fsp3) is 1.00. The molecule has 2 rings (SSSR count). The van der Waals surface area contributed by atoms with Gasteiger partial charge in [0.2, 0.25) is 0 Å². The lowest BCUT2D eigenvalue weighted by molar-refractivity contribution is -0.0906. The maximum Gasteiger partial charge on any atom is 0.0783 e. The van der Waals surface area contributed by atoms with Crippen LogP contribution < -0.4 is 5.32 Å². The van der Waals surface area contributed by atoms with Crippen molar-refractivity contribution >= 4 is 11.8 Å². The molecule has 2 aliphatic heterocycles. The van der Waals surface area contributed by atoms with Crippen molar-refractivity contribution < 1.29 is 9.47 Å². The molecule has 2 fully saturated rings. The minimum absolute atomic E-state index is 0.0520. The lowest BCUT2D eigenvalue weighted by Gasteiger charge is -2.42. The zero-order valence-corrected chi connectivity index (χ0v) is 13.6. The summed E-state index contributed by atoms with van der Waals surface area (Å²) < 4.78 is 11.7. The molecule has 3 nitrogen and oxygen atoms in total. The normalized spacial score (nSPS) is 33.8. The quantitative estimate of drug-likeness (QED) is 0.842. The smallest absolute Gasteiger partial charge is 0.0783 e. The number of rotatable bonds is 5. The molecule has 0 saturated carbocycles. The molecule has 0 radical (unpaired) electrons. The van der Waals surface area contributed by atoms with Crippen molar-refractivity contribution in [2.24, 2.45) is 5.92 Å². The van der Waals surface area contributed by atoms with Crippen molar-refractivity contribution in [2.45, 2.75) is 56.8 Å². The van der Waals surface area contributed by atoms with Crippen LogP contribution in [0.5, 0.6) is 0 Å². The number of ether oxygens (including phenoxy) is 2. The summed E-state index contributed by atoms with van der Waals surface area (Å²) in [4.78, 5) is 0. The van der Waals surface area contributed by atoms with Crippen LogP contribution in [-0.4, -0.2) is 49.5 Å². The van der Waals surface area contributed by atoms with Gasteiger partial charge in [0, 0.05) is 25.5 Å². The van der Waals surface area contributed by atoms with E-state index in [2.05, 4.69) is 26.2 Å². The molecule has 0 bridgehead atoms. The van der Waals surface area contributed by atoms with E-state index in [1.807, 2.05) is 18.9 Å². The van der Waals surface area contributed by atoms with E-state index in [4.69, 9.17) is 9.47 Å². The van der Waals surface area contributed by atoms with E-state index in [-0.39, 0.29) is 11.2 Å². The Morgan fingerprint density at radius 2 is 2.32 bits per heavy atom. The minimum atomic E-state index is -0.0520. The third-order valence-corrected chi connectivity index (χ3v) is 6.03. The van der Waals surface area contributed by atoms with Gasteiger partial charge < -0.3 is 14.8 Å². The predicted octanol–water partition coefficient (Wildman–Crippen LogP) is 2.69. The minimum Gasteiger partial charge on any atom is -0.379 e. The third kappa shape index (κ3) is 3.87. The Hall–Kier alpha value is 0.230. The summed E-state index contributed by atoms with van der Waals surface area (Å²) >= 11 is 2.05. The largest absolute Gasteiger partial charge is 0.379 e. The molecular weight excluding hydrogens is 258 g/mol. The first-order chi connectivity index (χ1) is 9.00. The molecule has 4 heteroatoms. The van der Waals surface area contributed by atoms with Crippen molar-refractivity contribution in [2.75, 3.05) is 32.3 Å². The summed E-state index contributed by atoms with van der Waals surface area (Å²) in [6, 6.07) is 0.529. The fourth-order valence-corrected chi connectivity index (χ4v) is 4.77. The SMILES string of the molecule is CNC(CC(C)(C)OC)C1CCOC2(CCSC2)C1. The van der Waals surface area contributed by atoms with Crippen LogP contribution >= 0.6 is 11.8 Å². The molecule has 0 aromatic heterocycles. The van der Waals surface area contributed by atoms with Crippen LogP contribution in [0.4, 0.5) is 0 Å². The summed E-state index contributed by atoms with van der Waals surface area (Å²) in [6.45, 7) is 5.28. The number of nitrogens with one attached hydrogen (secondary N) is 1. The first kappa shape index (κ1) is 15.6. The fourth-order valence-electron chi connectivity index (χ4n) is 3.39.